The minimum absolute atomic E-state index is 0.0305. The Balaban J connectivity index is 1.60. The summed E-state index contributed by atoms with van der Waals surface area (Å²) in [7, 11) is 0. The molecule has 1 aliphatic carbocycles. The van der Waals surface area contributed by atoms with E-state index in [2.05, 4.69) is 15.3 Å². The molecule has 2 heterocycles. The summed E-state index contributed by atoms with van der Waals surface area (Å²) < 4.78 is 41.0. The Kier molecular flexibility index (Phi) is 5.06. The lowest BCUT2D eigenvalue weighted by Gasteiger charge is -2.32. The molecule has 0 aromatic carbocycles. The van der Waals surface area contributed by atoms with Crippen molar-refractivity contribution in [1.29, 1.82) is 0 Å². The van der Waals surface area contributed by atoms with E-state index in [0.29, 0.717) is 18.7 Å². The van der Waals surface area contributed by atoms with Gasteiger partial charge in [0, 0.05) is 31.1 Å². The van der Waals surface area contributed by atoms with E-state index in [1.165, 1.54) is 0 Å². The Morgan fingerprint density at radius 2 is 2.08 bits per heavy atom. The molecule has 134 valence electrons. The van der Waals surface area contributed by atoms with Crippen molar-refractivity contribution in [3.8, 4) is 5.82 Å². The molecular formula is C17H19F3N4O. The van der Waals surface area contributed by atoms with Crippen LogP contribution in [0.15, 0.2) is 37.1 Å². The van der Waals surface area contributed by atoms with Crippen LogP contribution in [-0.2, 0) is 11.3 Å². The molecule has 0 saturated heterocycles. The Hall–Kier alpha value is -2.38. The van der Waals surface area contributed by atoms with Crippen molar-refractivity contribution in [3.05, 3.63) is 42.6 Å². The van der Waals surface area contributed by atoms with Crippen molar-refractivity contribution in [2.45, 2.75) is 38.4 Å². The highest BCUT2D eigenvalue weighted by Gasteiger charge is 2.47. The van der Waals surface area contributed by atoms with E-state index in [1.807, 2.05) is 0 Å². The minimum atomic E-state index is -4.32. The highest BCUT2D eigenvalue weighted by atomic mass is 19.4. The number of nitrogens with zero attached hydrogens (tertiary/aromatic N) is 3. The number of carbonyl (C=O) groups excluding carboxylic acids is 1. The number of amides is 1. The molecule has 5 nitrogen and oxygen atoms in total. The molecule has 3 rings (SSSR count). The van der Waals surface area contributed by atoms with Gasteiger partial charge in [0.2, 0.25) is 5.91 Å². The van der Waals surface area contributed by atoms with Crippen molar-refractivity contribution in [2.24, 2.45) is 11.8 Å². The SMILES string of the molecule is O=C(NCc1ccc(-n2ccnc2)nc1)C1CCCCC1C(F)(F)F. The average Bonchev–Trinajstić information content (AvgIpc) is 3.14. The molecular weight excluding hydrogens is 333 g/mol. The van der Waals surface area contributed by atoms with Crippen LogP contribution in [-0.4, -0.2) is 26.6 Å². The number of pyridine rings is 1. The van der Waals surface area contributed by atoms with E-state index < -0.39 is 23.9 Å². The van der Waals surface area contributed by atoms with Gasteiger partial charge in [-0.3, -0.25) is 9.36 Å². The van der Waals surface area contributed by atoms with Crippen LogP contribution in [0, 0.1) is 11.8 Å². The van der Waals surface area contributed by atoms with Crippen LogP contribution in [0.3, 0.4) is 0 Å². The van der Waals surface area contributed by atoms with Gasteiger partial charge in [-0.15, -0.1) is 0 Å². The second kappa shape index (κ2) is 7.25. The molecule has 2 aromatic rings. The first-order valence-electron chi connectivity index (χ1n) is 8.23. The molecule has 2 unspecified atom stereocenters. The highest BCUT2D eigenvalue weighted by molar-refractivity contribution is 5.79. The summed E-state index contributed by atoms with van der Waals surface area (Å²) in [5.41, 5.74) is 0.733. The predicted molar refractivity (Wildman–Crippen MR) is 84.7 cm³/mol. The third kappa shape index (κ3) is 4.18. The highest BCUT2D eigenvalue weighted by Crippen LogP contribution is 2.41. The fraction of sp³-hybridized carbons (Fsp3) is 0.471. The van der Waals surface area contributed by atoms with Gasteiger partial charge < -0.3 is 5.32 Å². The van der Waals surface area contributed by atoms with E-state index in [-0.39, 0.29) is 19.4 Å². The maximum absolute atomic E-state index is 13.1. The molecule has 1 amide bonds. The quantitative estimate of drug-likeness (QED) is 0.919. The lowest BCUT2D eigenvalue weighted by molar-refractivity contribution is -0.198. The van der Waals surface area contributed by atoms with Gasteiger partial charge >= 0.3 is 6.18 Å². The van der Waals surface area contributed by atoms with Gasteiger partial charge in [0.25, 0.3) is 0 Å². The zero-order chi connectivity index (χ0) is 17.9. The van der Waals surface area contributed by atoms with Crippen molar-refractivity contribution in [2.75, 3.05) is 0 Å². The maximum Gasteiger partial charge on any atom is 0.392 e. The van der Waals surface area contributed by atoms with Crippen LogP contribution in [0.1, 0.15) is 31.2 Å². The summed E-state index contributed by atoms with van der Waals surface area (Å²) >= 11 is 0. The number of aromatic nitrogens is 3. The Morgan fingerprint density at radius 1 is 1.28 bits per heavy atom. The first-order chi connectivity index (χ1) is 11.9. The monoisotopic (exact) mass is 352 g/mol. The number of alkyl halides is 3. The van der Waals surface area contributed by atoms with Crippen LogP contribution in [0.4, 0.5) is 13.2 Å². The minimum Gasteiger partial charge on any atom is -0.352 e. The fourth-order valence-corrected chi connectivity index (χ4v) is 3.23. The summed E-state index contributed by atoms with van der Waals surface area (Å²) in [6.07, 6.45) is 3.77. The largest absolute Gasteiger partial charge is 0.392 e. The van der Waals surface area contributed by atoms with Crippen LogP contribution < -0.4 is 5.32 Å². The van der Waals surface area contributed by atoms with Crippen LogP contribution in [0.2, 0.25) is 0 Å². The van der Waals surface area contributed by atoms with E-state index in [0.717, 1.165) is 5.56 Å². The molecule has 2 atom stereocenters. The molecule has 1 fully saturated rings. The predicted octanol–water partition coefficient (Wildman–Crippen LogP) is 3.25. The molecule has 2 aromatic heterocycles. The van der Waals surface area contributed by atoms with Crippen LogP contribution in [0.5, 0.6) is 0 Å². The van der Waals surface area contributed by atoms with Gasteiger partial charge in [-0.25, -0.2) is 9.97 Å². The lowest BCUT2D eigenvalue weighted by atomic mass is 9.78. The van der Waals surface area contributed by atoms with Gasteiger partial charge in [0.15, 0.2) is 0 Å². The molecule has 0 bridgehead atoms. The molecule has 1 saturated carbocycles. The Bertz CT molecular complexity index is 698. The molecule has 8 heteroatoms. The van der Waals surface area contributed by atoms with Crippen molar-refractivity contribution >= 4 is 5.91 Å². The van der Waals surface area contributed by atoms with Gasteiger partial charge in [-0.1, -0.05) is 18.9 Å². The van der Waals surface area contributed by atoms with Crippen molar-refractivity contribution < 1.29 is 18.0 Å². The third-order valence-electron chi connectivity index (χ3n) is 4.57. The van der Waals surface area contributed by atoms with Crippen LogP contribution in [0.25, 0.3) is 5.82 Å². The number of hydrogen-bond acceptors (Lipinski definition) is 3. The van der Waals surface area contributed by atoms with Gasteiger partial charge in [0.05, 0.1) is 5.92 Å². The molecule has 0 aliphatic heterocycles. The summed E-state index contributed by atoms with van der Waals surface area (Å²) in [5, 5.41) is 2.63. The number of hydrogen-bond donors (Lipinski definition) is 1. The molecule has 0 radical (unpaired) electrons. The van der Waals surface area contributed by atoms with Crippen molar-refractivity contribution in [1.82, 2.24) is 19.9 Å². The van der Waals surface area contributed by atoms with Gasteiger partial charge in [0.1, 0.15) is 12.1 Å². The smallest absolute Gasteiger partial charge is 0.352 e. The van der Waals surface area contributed by atoms with E-state index in [4.69, 9.17) is 0 Å². The standard InChI is InChI=1S/C17H19F3N4O/c18-17(19,20)14-4-2-1-3-13(14)16(25)23-10-12-5-6-15(22-9-12)24-8-7-21-11-24/h5-9,11,13-14H,1-4,10H2,(H,23,25). The number of halogens is 3. The Labute approximate surface area is 143 Å². The number of carbonyl (C=O) groups is 1. The topological polar surface area (TPSA) is 59.8 Å². The number of nitrogens with one attached hydrogen (secondary N) is 1. The number of imidazole rings is 1. The first kappa shape index (κ1) is 17.4. The maximum atomic E-state index is 13.1. The van der Waals surface area contributed by atoms with Gasteiger partial charge in [-0.05, 0) is 24.5 Å². The average molecular weight is 352 g/mol. The van der Waals surface area contributed by atoms with Crippen LogP contribution >= 0.6 is 0 Å². The second-order valence-electron chi connectivity index (χ2n) is 6.25. The fourth-order valence-electron chi connectivity index (χ4n) is 3.23. The van der Waals surface area contributed by atoms with E-state index in [9.17, 15) is 18.0 Å². The van der Waals surface area contributed by atoms with Gasteiger partial charge in [-0.2, -0.15) is 13.2 Å². The third-order valence-corrected chi connectivity index (χ3v) is 4.57. The number of rotatable bonds is 4. The normalized spacial score (nSPS) is 21.1. The molecule has 0 spiro atoms. The van der Waals surface area contributed by atoms with Crippen molar-refractivity contribution in [3.63, 3.8) is 0 Å². The summed E-state index contributed by atoms with van der Waals surface area (Å²) in [6.45, 7) is 0.164. The Morgan fingerprint density at radius 3 is 2.72 bits per heavy atom. The van der Waals surface area contributed by atoms with E-state index in [1.54, 1.807) is 41.6 Å². The lowest BCUT2D eigenvalue weighted by Crippen LogP contribution is -2.42. The zero-order valence-electron chi connectivity index (χ0n) is 13.5. The summed E-state index contributed by atoms with van der Waals surface area (Å²) in [5.74, 6) is -2.38. The zero-order valence-corrected chi connectivity index (χ0v) is 13.5. The van der Waals surface area contributed by atoms with E-state index >= 15 is 0 Å². The summed E-state index contributed by atoms with van der Waals surface area (Å²) in [6, 6.07) is 3.55. The molecule has 25 heavy (non-hydrogen) atoms. The first-order valence-corrected chi connectivity index (χ1v) is 8.23. The molecule has 1 N–H and O–H groups in total. The molecule has 1 aliphatic rings. The second-order valence-corrected chi connectivity index (χ2v) is 6.25. The summed E-state index contributed by atoms with van der Waals surface area (Å²) in [4.78, 5) is 20.4.